The van der Waals surface area contributed by atoms with Crippen molar-refractivity contribution in [2.24, 2.45) is 0 Å². The van der Waals surface area contributed by atoms with Gasteiger partial charge in [0.2, 0.25) is 0 Å². The third-order valence-electron chi connectivity index (χ3n) is 3.07. The Hall–Kier alpha value is -0.680. The molecule has 112 valence electrons. The maximum absolute atomic E-state index is 12.1. The molecule has 1 aliphatic heterocycles. The minimum atomic E-state index is -0.0278. The number of amides is 1. The van der Waals surface area contributed by atoms with Crippen LogP contribution in [0.3, 0.4) is 0 Å². The molecule has 0 bridgehead atoms. The topological polar surface area (TPSA) is 41.6 Å². The van der Waals surface area contributed by atoms with Gasteiger partial charge in [-0.05, 0) is 25.1 Å². The van der Waals surface area contributed by atoms with Crippen molar-refractivity contribution in [1.29, 1.82) is 0 Å². The summed E-state index contributed by atoms with van der Waals surface area (Å²) in [4.78, 5) is 13.9. The summed E-state index contributed by atoms with van der Waals surface area (Å²) in [6, 6.07) is 5.13. The smallest absolute Gasteiger partial charge is 0.260 e. The molecule has 0 saturated carbocycles. The van der Waals surface area contributed by atoms with Crippen molar-refractivity contribution in [3.63, 3.8) is 0 Å². The molecule has 1 aromatic rings. The maximum Gasteiger partial charge on any atom is 0.260 e. The average molecular weight is 340 g/mol. The molecule has 20 heavy (non-hydrogen) atoms. The van der Waals surface area contributed by atoms with Crippen molar-refractivity contribution in [3.8, 4) is 5.75 Å². The van der Waals surface area contributed by atoms with Gasteiger partial charge in [0.05, 0.1) is 5.02 Å². The van der Waals surface area contributed by atoms with Crippen LogP contribution in [-0.2, 0) is 4.79 Å². The summed E-state index contributed by atoms with van der Waals surface area (Å²) in [7, 11) is 0. The predicted molar refractivity (Wildman–Crippen MR) is 83.2 cm³/mol. The monoisotopic (exact) mass is 338 g/mol. The molecule has 0 spiro atoms. The molecule has 0 aliphatic carbocycles. The predicted octanol–water partition coefficient (Wildman–Crippen LogP) is 2.61. The lowest BCUT2D eigenvalue weighted by Gasteiger charge is -2.33. The number of carbonyl (C=O) groups is 1. The van der Waals surface area contributed by atoms with Gasteiger partial charge in [-0.3, -0.25) is 4.79 Å². The number of hydrogen-bond acceptors (Lipinski definition) is 3. The molecule has 1 saturated heterocycles. The number of nitrogens with zero attached hydrogens (tertiary/aromatic N) is 1. The number of ether oxygens (including phenoxy) is 1. The molecule has 4 nitrogen and oxygen atoms in total. The Labute approximate surface area is 134 Å². The number of piperazine rings is 1. The van der Waals surface area contributed by atoms with Crippen molar-refractivity contribution in [2.75, 3.05) is 26.2 Å². The van der Waals surface area contributed by atoms with Crippen LogP contribution in [0.4, 0.5) is 0 Å². The van der Waals surface area contributed by atoms with Gasteiger partial charge >= 0.3 is 0 Å². The van der Waals surface area contributed by atoms with Crippen molar-refractivity contribution >= 4 is 41.5 Å². The van der Waals surface area contributed by atoms with Crippen molar-refractivity contribution in [3.05, 3.63) is 28.2 Å². The van der Waals surface area contributed by atoms with Crippen molar-refractivity contribution < 1.29 is 9.53 Å². The highest BCUT2D eigenvalue weighted by Crippen LogP contribution is 2.27. The molecular formula is C13H17Cl3N2O2. The lowest BCUT2D eigenvalue weighted by molar-refractivity contribution is -0.136. The van der Waals surface area contributed by atoms with E-state index in [4.69, 9.17) is 27.9 Å². The number of nitrogens with one attached hydrogen (secondary N) is 1. The maximum atomic E-state index is 12.1. The second-order valence-corrected chi connectivity index (χ2v) is 5.35. The Morgan fingerprint density at radius 1 is 1.50 bits per heavy atom. The fourth-order valence-corrected chi connectivity index (χ4v) is 2.49. The minimum Gasteiger partial charge on any atom is -0.482 e. The van der Waals surface area contributed by atoms with Crippen LogP contribution in [0.2, 0.25) is 10.0 Å². The first-order valence-electron chi connectivity index (χ1n) is 6.16. The molecule has 0 unspecified atom stereocenters. The van der Waals surface area contributed by atoms with Gasteiger partial charge in [-0.15, -0.1) is 12.4 Å². The largest absolute Gasteiger partial charge is 0.482 e. The lowest BCUT2D eigenvalue weighted by Crippen LogP contribution is -2.53. The van der Waals surface area contributed by atoms with Crippen LogP contribution in [0, 0.1) is 0 Å². The number of carbonyl (C=O) groups excluding carboxylic acids is 1. The first-order chi connectivity index (χ1) is 9.08. The Morgan fingerprint density at radius 3 is 2.90 bits per heavy atom. The highest BCUT2D eigenvalue weighted by Gasteiger charge is 2.23. The molecule has 1 amide bonds. The van der Waals surface area contributed by atoms with Crippen LogP contribution in [0.5, 0.6) is 5.75 Å². The molecule has 0 aromatic heterocycles. The van der Waals surface area contributed by atoms with Crippen LogP contribution in [-0.4, -0.2) is 43.1 Å². The molecule has 1 heterocycles. The van der Waals surface area contributed by atoms with E-state index >= 15 is 0 Å². The summed E-state index contributed by atoms with van der Waals surface area (Å²) in [5.74, 6) is 0.447. The van der Waals surface area contributed by atoms with E-state index < -0.39 is 0 Å². The highest BCUT2D eigenvalue weighted by atomic mass is 35.5. The standard InChI is InChI=1S/C13H16Cl2N2O2.ClH/c1-9-7-16-4-5-17(9)13(18)8-19-12-3-2-10(14)6-11(12)15;/h2-3,6,9,16H,4-5,7-8H2,1H3;1H/t9-;/m0./s1. The summed E-state index contributed by atoms with van der Waals surface area (Å²) in [6.07, 6.45) is 0. The molecular weight excluding hydrogens is 323 g/mol. The highest BCUT2D eigenvalue weighted by molar-refractivity contribution is 6.35. The third kappa shape index (κ3) is 4.42. The number of benzene rings is 1. The fraction of sp³-hybridized carbons (Fsp3) is 0.462. The quantitative estimate of drug-likeness (QED) is 0.920. The van der Waals surface area contributed by atoms with Crippen LogP contribution in [0.25, 0.3) is 0 Å². The summed E-state index contributed by atoms with van der Waals surface area (Å²) in [5, 5.41) is 4.19. The van der Waals surface area contributed by atoms with Gasteiger partial charge < -0.3 is 15.0 Å². The summed E-state index contributed by atoms with van der Waals surface area (Å²) in [6.45, 7) is 4.34. The van der Waals surface area contributed by atoms with Crippen molar-refractivity contribution in [2.45, 2.75) is 13.0 Å². The average Bonchev–Trinajstić information content (AvgIpc) is 2.38. The molecule has 1 aromatic carbocycles. The van der Waals surface area contributed by atoms with E-state index in [0.717, 1.165) is 13.1 Å². The van der Waals surface area contributed by atoms with E-state index in [0.29, 0.717) is 22.3 Å². The Balaban J connectivity index is 0.00000200. The Kier molecular flexibility index (Phi) is 6.89. The SMILES string of the molecule is C[C@H]1CNCCN1C(=O)COc1ccc(Cl)cc1Cl.Cl. The van der Waals surface area contributed by atoms with Gasteiger partial charge in [-0.25, -0.2) is 0 Å². The summed E-state index contributed by atoms with van der Waals surface area (Å²) in [5.41, 5.74) is 0. The summed E-state index contributed by atoms with van der Waals surface area (Å²) < 4.78 is 5.45. The van der Waals surface area contributed by atoms with Gasteiger partial charge in [0, 0.05) is 30.7 Å². The molecule has 0 radical (unpaired) electrons. The Bertz CT molecular complexity index is 471. The second kappa shape index (κ2) is 7.93. The third-order valence-corrected chi connectivity index (χ3v) is 3.60. The zero-order chi connectivity index (χ0) is 13.8. The van der Waals surface area contributed by atoms with Gasteiger partial charge in [0.15, 0.2) is 6.61 Å². The number of halogens is 3. The molecule has 1 N–H and O–H groups in total. The first kappa shape index (κ1) is 17.4. The first-order valence-corrected chi connectivity index (χ1v) is 6.91. The van der Waals surface area contributed by atoms with Crippen LogP contribution >= 0.6 is 35.6 Å². The molecule has 7 heteroatoms. The Morgan fingerprint density at radius 2 is 2.25 bits per heavy atom. The summed E-state index contributed by atoms with van der Waals surface area (Å²) >= 11 is 11.8. The molecule has 1 atom stereocenters. The zero-order valence-corrected chi connectivity index (χ0v) is 13.4. The fourth-order valence-electron chi connectivity index (χ4n) is 2.03. The van der Waals surface area contributed by atoms with E-state index in [9.17, 15) is 4.79 Å². The molecule has 1 fully saturated rings. The molecule has 1 aliphatic rings. The van der Waals surface area contributed by atoms with Gasteiger partial charge in [-0.2, -0.15) is 0 Å². The van der Waals surface area contributed by atoms with Crippen LogP contribution < -0.4 is 10.1 Å². The lowest BCUT2D eigenvalue weighted by atomic mass is 10.2. The van der Waals surface area contributed by atoms with Gasteiger partial charge in [-0.1, -0.05) is 23.2 Å². The van der Waals surface area contributed by atoms with Crippen LogP contribution in [0.15, 0.2) is 18.2 Å². The van der Waals surface area contributed by atoms with Crippen LogP contribution in [0.1, 0.15) is 6.92 Å². The van der Waals surface area contributed by atoms with E-state index in [1.807, 2.05) is 11.8 Å². The second-order valence-electron chi connectivity index (χ2n) is 4.50. The normalized spacial score (nSPS) is 18.4. The van der Waals surface area contributed by atoms with E-state index in [1.165, 1.54) is 0 Å². The van der Waals surface area contributed by atoms with Gasteiger partial charge in [0.25, 0.3) is 5.91 Å². The number of rotatable bonds is 3. The van der Waals surface area contributed by atoms with Gasteiger partial charge in [0.1, 0.15) is 5.75 Å². The van der Waals surface area contributed by atoms with Crippen molar-refractivity contribution in [1.82, 2.24) is 10.2 Å². The minimum absolute atomic E-state index is 0. The van der Waals surface area contributed by atoms with E-state index in [1.54, 1.807) is 18.2 Å². The zero-order valence-electron chi connectivity index (χ0n) is 11.1. The van der Waals surface area contributed by atoms with E-state index in [-0.39, 0.29) is 31.0 Å². The number of hydrogen-bond donors (Lipinski definition) is 1. The van der Waals surface area contributed by atoms with E-state index in [2.05, 4.69) is 5.32 Å². The molecule has 2 rings (SSSR count).